The Morgan fingerprint density at radius 3 is 2.54 bits per heavy atom. The summed E-state index contributed by atoms with van der Waals surface area (Å²) in [5, 5.41) is 10.9. The molecule has 41 heavy (non-hydrogen) atoms. The Balaban J connectivity index is 1.27. The lowest BCUT2D eigenvalue weighted by molar-refractivity contribution is -0.0220. The molecule has 10 nitrogen and oxygen atoms in total. The molecular formula is C30H45FN8O2. The number of nitrogens with one attached hydrogen (secondary N) is 2. The zero-order valence-corrected chi connectivity index (χ0v) is 24.3. The summed E-state index contributed by atoms with van der Waals surface area (Å²) in [6, 6.07) is 1.96. The van der Waals surface area contributed by atoms with Crippen molar-refractivity contribution in [2.45, 2.75) is 87.9 Å². The predicted molar refractivity (Wildman–Crippen MR) is 159 cm³/mol. The molecule has 4 N–H and O–H groups in total. The number of anilines is 4. The zero-order chi connectivity index (χ0) is 28.5. The Hall–Kier alpha value is -2.92. The number of nitrogens with two attached hydrogens (primary N) is 1. The lowest BCUT2D eigenvalue weighted by Gasteiger charge is -2.52. The monoisotopic (exact) mass is 568 g/mol. The summed E-state index contributed by atoms with van der Waals surface area (Å²) in [5.41, 5.74) is 7.55. The van der Waals surface area contributed by atoms with E-state index in [9.17, 15) is 4.79 Å². The largest absolute Gasteiger partial charge is 0.381 e. The minimum absolute atomic E-state index is 0.0490. The van der Waals surface area contributed by atoms with Crippen molar-refractivity contribution in [3.63, 3.8) is 0 Å². The minimum atomic E-state index is -1.09. The normalized spacial score (nSPS) is 24.9. The zero-order valence-electron chi connectivity index (χ0n) is 24.3. The summed E-state index contributed by atoms with van der Waals surface area (Å²) in [6.07, 6.45) is 13.4. The molecule has 3 fully saturated rings. The first-order valence-corrected chi connectivity index (χ1v) is 15.5. The van der Waals surface area contributed by atoms with E-state index >= 15 is 4.39 Å². The number of carbonyl (C=O) groups is 1. The van der Waals surface area contributed by atoms with Crippen LogP contribution < -0.4 is 21.3 Å². The van der Waals surface area contributed by atoms with Gasteiger partial charge in [0.15, 0.2) is 5.82 Å². The molecule has 5 heterocycles. The molecule has 2 aromatic rings. The Bertz CT molecular complexity index is 1220. The van der Waals surface area contributed by atoms with Crippen LogP contribution >= 0.6 is 0 Å². The first-order chi connectivity index (χ1) is 19.9. The van der Waals surface area contributed by atoms with E-state index in [1.165, 1.54) is 19.3 Å². The molecule has 1 unspecified atom stereocenters. The Morgan fingerprint density at radius 1 is 1.10 bits per heavy atom. The molecule has 0 aromatic carbocycles. The molecule has 0 bridgehead atoms. The van der Waals surface area contributed by atoms with Crippen molar-refractivity contribution in [2.24, 2.45) is 0 Å². The number of hydrogen-bond donors (Lipinski definition) is 3. The molecule has 1 aliphatic carbocycles. The maximum absolute atomic E-state index is 15.8. The van der Waals surface area contributed by atoms with Gasteiger partial charge in [0.25, 0.3) is 5.91 Å². The van der Waals surface area contributed by atoms with E-state index in [2.05, 4.69) is 37.6 Å². The molecule has 11 heteroatoms. The van der Waals surface area contributed by atoms with Crippen LogP contribution in [0.25, 0.3) is 0 Å². The highest BCUT2D eigenvalue weighted by Gasteiger charge is 2.47. The van der Waals surface area contributed by atoms with Gasteiger partial charge in [-0.2, -0.15) is 5.10 Å². The van der Waals surface area contributed by atoms with Crippen molar-refractivity contribution in [1.29, 1.82) is 0 Å². The van der Waals surface area contributed by atoms with E-state index in [1.807, 2.05) is 6.07 Å². The van der Waals surface area contributed by atoms with Crippen molar-refractivity contribution in [1.82, 2.24) is 19.7 Å². The highest BCUT2D eigenvalue weighted by atomic mass is 19.1. The van der Waals surface area contributed by atoms with E-state index < -0.39 is 11.7 Å². The van der Waals surface area contributed by atoms with Crippen LogP contribution in [0.15, 0.2) is 18.5 Å². The fourth-order valence-electron chi connectivity index (χ4n) is 7.55. The van der Waals surface area contributed by atoms with E-state index in [1.54, 1.807) is 17.1 Å². The van der Waals surface area contributed by atoms with Crippen LogP contribution in [0.3, 0.4) is 0 Å². The minimum Gasteiger partial charge on any atom is -0.381 e. The molecule has 1 saturated carbocycles. The Kier molecular flexibility index (Phi) is 8.09. The first kappa shape index (κ1) is 28.2. The second-order valence-electron chi connectivity index (χ2n) is 12.5. The van der Waals surface area contributed by atoms with Crippen LogP contribution in [0.2, 0.25) is 0 Å². The van der Waals surface area contributed by atoms with Gasteiger partial charge in [-0.3, -0.25) is 14.7 Å². The van der Waals surface area contributed by atoms with Crippen molar-refractivity contribution in [3.8, 4) is 0 Å². The number of alkyl halides is 1. The molecule has 1 amide bonds. The fraction of sp³-hybridized carbons (Fsp3) is 0.700. The van der Waals surface area contributed by atoms with Crippen molar-refractivity contribution in [3.05, 3.63) is 24.0 Å². The molecule has 1 atom stereocenters. The third kappa shape index (κ3) is 5.27. The number of piperazine rings is 1. The van der Waals surface area contributed by atoms with Crippen LogP contribution in [-0.2, 0) is 10.3 Å². The number of amides is 1. The smallest absolute Gasteiger partial charge is 0.263 e. The predicted octanol–water partition coefficient (Wildman–Crippen LogP) is 4.40. The highest BCUT2D eigenvalue weighted by Crippen LogP contribution is 2.44. The second kappa shape index (κ2) is 11.8. The second-order valence-corrected chi connectivity index (χ2v) is 12.5. The van der Waals surface area contributed by atoms with Gasteiger partial charge < -0.3 is 26.0 Å². The van der Waals surface area contributed by atoms with E-state index in [4.69, 9.17) is 10.5 Å². The number of halogens is 1. The summed E-state index contributed by atoms with van der Waals surface area (Å²) in [5.74, 6) is 0.298. The third-order valence-corrected chi connectivity index (χ3v) is 10.1. The van der Waals surface area contributed by atoms with Crippen molar-refractivity contribution < 1.29 is 13.9 Å². The quantitative estimate of drug-likeness (QED) is 0.500. The number of aromatic nitrogens is 3. The summed E-state index contributed by atoms with van der Waals surface area (Å²) < 4.78 is 23.2. The van der Waals surface area contributed by atoms with Gasteiger partial charge in [0.1, 0.15) is 17.6 Å². The number of ether oxygens (including phenoxy) is 1. The van der Waals surface area contributed by atoms with E-state index in [-0.39, 0.29) is 29.4 Å². The molecule has 2 aromatic heterocycles. The molecule has 6 rings (SSSR count). The molecule has 2 saturated heterocycles. The maximum atomic E-state index is 15.8. The number of carbonyl (C=O) groups excluding carboxylic acids is 1. The van der Waals surface area contributed by atoms with Crippen LogP contribution in [0.1, 0.15) is 81.0 Å². The lowest BCUT2D eigenvalue weighted by atomic mass is 9.80. The molecule has 2 spiro atoms. The first-order valence-electron chi connectivity index (χ1n) is 15.5. The molecular weight excluding hydrogens is 523 g/mol. The van der Waals surface area contributed by atoms with Gasteiger partial charge in [-0.25, -0.2) is 9.07 Å². The SMILES string of the molecule is CN1CCN(c2ccncc2NC(=O)c2c(N)nn3c2NCC(F)C32CCCCCCCCC2)CC12CCOCC2. The number of likely N-dealkylation sites (N-methyl/N-ethyl adjacent to an activating group) is 1. The number of rotatable bonds is 3. The number of nitrogen functional groups attached to an aromatic ring is 1. The van der Waals surface area contributed by atoms with Gasteiger partial charge in [-0.05, 0) is 38.8 Å². The third-order valence-electron chi connectivity index (χ3n) is 10.1. The van der Waals surface area contributed by atoms with Gasteiger partial charge in [-0.15, -0.1) is 0 Å². The molecule has 4 aliphatic rings. The van der Waals surface area contributed by atoms with Crippen LogP contribution in [-0.4, -0.2) is 83.7 Å². The average Bonchev–Trinajstić information content (AvgIpc) is 3.33. The number of fused-ring (bicyclic) bond motifs is 2. The van der Waals surface area contributed by atoms with Crippen LogP contribution in [0.5, 0.6) is 0 Å². The fourth-order valence-corrected chi connectivity index (χ4v) is 7.55. The number of hydrogen-bond acceptors (Lipinski definition) is 8. The molecule has 224 valence electrons. The number of pyridine rings is 1. The molecule has 0 radical (unpaired) electrons. The van der Waals surface area contributed by atoms with E-state index in [0.717, 1.165) is 77.1 Å². The summed E-state index contributed by atoms with van der Waals surface area (Å²) in [4.78, 5) is 23.0. The van der Waals surface area contributed by atoms with Crippen molar-refractivity contribution >= 4 is 28.9 Å². The average molecular weight is 569 g/mol. The number of nitrogens with zero attached hydrogens (tertiary/aromatic N) is 5. The van der Waals surface area contributed by atoms with E-state index in [0.29, 0.717) is 24.3 Å². The summed E-state index contributed by atoms with van der Waals surface area (Å²) in [7, 11) is 2.20. The van der Waals surface area contributed by atoms with Gasteiger partial charge in [0.05, 0.1) is 23.1 Å². The van der Waals surface area contributed by atoms with Crippen LogP contribution in [0.4, 0.5) is 27.4 Å². The topological polar surface area (TPSA) is 114 Å². The lowest BCUT2D eigenvalue weighted by Crippen LogP contribution is -2.63. The maximum Gasteiger partial charge on any atom is 0.263 e. The van der Waals surface area contributed by atoms with Gasteiger partial charge in [0, 0.05) is 51.1 Å². The van der Waals surface area contributed by atoms with Gasteiger partial charge in [-0.1, -0.05) is 44.9 Å². The Labute approximate surface area is 242 Å². The summed E-state index contributed by atoms with van der Waals surface area (Å²) in [6.45, 7) is 4.30. The van der Waals surface area contributed by atoms with Crippen molar-refractivity contribution in [2.75, 3.05) is 67.7 Å². The van der Waals surface area contributed by atoms with Gasteiger partial charge >= 0.3 is 0 Å². The summed E-state index contributed by atoms with van der Waals surface area (Å²) >= 11 is 0. The highest BCUT2D eigenvalue weighted by molar-refractivity contribution is 6.12. The Morgan fingerprint density at radius 2 is 1.80 bits per heavy atom. The standard InChI is InChI=1S/C30H45FN8O2/c1-37-15-16-38(21-29(37)12-17-41-18-13-29)23-9-14-33-19-22(23)35-28(40)25-26(32)36-39-27(25)34-20-24(31)30(39)10-7-5-3-2-4-6-8-11-30/h9,14,19,24,34H,2-8,10-13,15-18,20-21H2,1H3,(H2,32,36)(H,35,40). The molecule has 3 aliphatic heterocycles. The van der Waals surface area contributed by atoms with Gasteiger partial charge in [0.2, 0.25) is 0 Å². The van der Waals surface area contributed by atoms with Crippen LogP contribution in [0, 0.1) is 0 Å².